The van der Waals surface area contributed by atoms with Gasteiger partial charge in [-0.05, 0) is 77.9 Å². The Bertz CT molecular complexity index is 1360. The Morgan fingerprint density at radius 1 is 1.03 bits per heavy atom. The van der Waals surface area contributed by atoms with E-state index in [4.69, 9.17) is 18.9 Å². The molecule has 198 valence electrons. The summed E-state index contributed by atoms with van der Waals surface area (Å²) in [6.07, 6.45) is 7.45. The summed E-state index contributed by atoms with van der Waals surface area (Å²) in [4.78, 5) is 24.8. The van der Waals surface area contributed by atoms with Crippen LogP contribution in [0.1, 0.15) is 48.3 Å². The highest BCUT2D eigenvalue weighted by Gasteiger charge is 2.24. The summed E-state index contributed by atoms with van der Waals surface area (Å²) < 4.78 is 22.4. The minimum atomic E-state index is -0.291. The number of amides is 1. The van der Waals surface area contributed by atoms with Gasteiger partial charge in [-0.3, -0.25) is 9.59 Å². The zero-order valence-electron chi connectivity index (χ0n) is 21.8. The lowest BCUT2D eigenvalue weighted by atomic mass is 9.85. The molecule has 1 heterocycles. The van der Waals surface area contributed by atoms with Gasteiger partial charge in [-0.1, -0.05) is 36.4 Å². The second kappa shape index (κ2) is 11.6. The predicted molar refractivity (Wildman–Crippen MR) is 145 cm³/mol. The summed E-state index contributed by atoms with van der Waals surface area (Å²) in [5.74, 6) is 1.36. The van der Waals surface area contributed by atoms with Crippen molar-refractivity contribution in [2.45, 2.75) is 44.6 Å². The van der Waals surface area contributed by atoms with E-state index in [0.717, 1.165) is 52.5 Å². The average Bonchev–Trinajstić information content (AvgIpc) is 2.94. The molecular weight excluding hydrogens is 482 g/mol. The van der Waals surface area contributed by atoms with Crippen LogP contribution in [-0.2, 0) is 14.3 Å². The molecule has 3 aromatic carbocycles. The van der Waals surface area contributed by atoms with Crippen molar-refractivity contribution >= 4 is 22.6 Å². The molecule has 7 nitrogen and oxygen atoms in total. The number of hydrogen-bond donors (Lipinski definition) is 1. The average molecular weight is 516 g/mol. The summed E-state index contributed by atoms with van der Waals surface area (Å²) in [7, 11) is 1.40. The number of allylic oxidation sites excluding steroid dienone is 1. The molecule has 1 aliphatic heterocycles. The molecule has 0 bridgehead atoms. The Labute approximate surface area is 222 Å². The highest BCUT2D eigenvalue weighted by molar-refractivity contribution is 5.85. The molecule has 1 aliphatic carbocycles. The third-order valence-electron chi connectivity index (χ3n) is 7.11. The van der Waals surface area contributed by atoms with Gasteiger partial charge >= 0.3 is 5.97 Å². The van der Waals surface area contributed by atoms with Crippen LogP contribution in [0.15, 0.2) is 60.7 Å². The second-order valence-corrected chi connectivity index (χ2v) is 9.78. The molecule has 38 heavy (non-hydrogen) atoms. The molecule has 3 aromatic rings. The van der Waals surface area contributed by atoms with E-state index in [1.54, 1.807) is 0 Å². The van der Waals surface area contributed by atoms with Crippen LogP contribution in [0.25, 0.3) is 10.8 Å². The van der Waals surface area contributed by atoms with E-state index >= 15 is 0 Å². The van der Waals surface area contributed by atoms with Gasteiger partial charge in [0.1, 0.15) is 19.0 Å². The Balaban J connectivity index is 1.39. The number of carbonyl (C=O) groups is 2. The summed E-state index contributed by atoms with van der Waals surface area (Å²) in [5.41, 5.74) is 2.97. The zero-order chi connectivity index (χ0) is 26.5. The monoisotopic (exact) mass is 515 g/mol. The minimum absolute atomic E-state index is 0.0447. The van der Waals surface area contributed by atoms with Crippen molar-refractivity contribution in [1.82, 2.24) is 5.32 Å². The van der Waals surface area contributed by atoms with Crippen LogP contribution in [0.5, 0.6) is 17.2 Å². The molecule has 0 spiro atoms. The number of methoxy groups -OCH3 is 1. The van der Waals surface area contributed by atoms with Gasteiger partial charge < -0.3 is 24.3 Å². The van der Waals surface area contributed by atoms with E-state index in [1.165, 1.54) is 7.11 Å². The quantitative estimate of drug-likeness (QED) is 0.327. The predicted octanol–water partition coefficient (Wildman–Crippen LogP) is 5.22. The van der Waals surface area contributed by atoms with Crippen LogP contribution in [-0.4, -0.2) is 44.8 Å². The van der Waals surface area contributed by atoms with Crippen molar-refractivity contribution in [2.24, 2.45) is 0 Å². The highest BCUT2D eigenvalue weighted by Crippen LogP contribution is 2.40. The van der Waals surface area contributed by atoms with Crippen LogP contribution < -0.4 is 19.5 Å². The number of fused-ring (bicyclic) bond motifs is 2. The van der Waals surface area contributed by atoms with Crippen molar-refractivity contribution in [3.63, 3.8) is 0 Å². The molecule has 5 rings (SSSR count). The van der Waals surface area contributed by atoms with Crippen LogP contribution >= 0.6 is 0 Å². The third kappa shape index (κ3) is 5.93. The topological polar surface area (TPSA) is 83.1 Å². The van der Waals surface area contributed by atoms with Crippen molar-refractivity contribution in [1.29, 1.82) is 0 Å². The normalized spacial score (nSPS) is 17.1. The smallest absolute Gasteiger partial charge is 0.306 e. The first-order valence-corrected chi connectivity index (χ1v) is 13.1. The van der Waals surface area contributed by atoms with E-state index in [1.807, 2.05) is 55.5 Å². The summed E-state index contributed by atoms with van der Waals surface area (Å²) in [6, 6.07) is 15.9. The molecule has 7 heteroatoms. The van der Waals surface area contributed by atoms with Gasteiger partial charge in [0.15, 0.2) is 18.1 Å². The molecular formula is C31H33NO6. The number of rotatable bonds is 8. The molecule has 0 fully saturated rings. The Hall–Kier alpha value is -4.00. The molecule has 1 N–H and O–H groups in total. The highest BCUT2D eigenvalue weighted by atomic mass is 16.6. The second-order valence-electron chi connectivity index (χ2n) is 9.78. The number of benzene rings is 3. The third-order valence-corrected chi connectivity index (χ3v) is 7.11. The van der Waals surface area contributed by atoms with Crippen LogP contribution in [0.3, 0.4) is 0 Å². The first kappa shape index (κ1) is 25.6. The minimum Gasteiger partial charge on any atom is -0.486 e. The Morgan fingerprint density at radius 3 is 2.58 bits per heavy atom. The first-order chi connectivity index (χ1) is 18.5. The summed E-state index contributed by atoms with van der Waals surface area (Å²) >= 11 is 0. The molecule has 0 saturated heterocycles. The maximum atomic E-state index is 12.4. The summed E-state index contributed by atoms with van der Waals surface area (Å²) in [5, 5.41) is 5.00. The van der Waals surface area contributed by atoms with E-state index in [0.29, 0.717) is 24.7 Å². The number of carbonyl (C=O) groups excluding carboxylic acids is 2. The van der Waals surface area contributed by atoms with Crippen LogP contribution in [0, 0.1) is 6.92 Å². The molecule has 2 unspecified atom stereocenters. The Morgan fingerprint density at radius 2 is 1.82 bits per heavy atom. The number of ether oxygens (including phenoxy) is 4. The largest absolute Gasteiger partial charge is 0.486 e. The molecule has 2 atom stereocenters. The fraction of sp³-hybridized carbons (Fsp3) is 0.355. The number of aryl methyl sites for hydroxylation is 1. The van der Waals surface area contributed by atoms with E-state index in [-0.39, 0.29) is 36.9 Å². The van der Waals surface area contributed by atoms with Gasteiger partial charge in [-0.25, -0.2) is 0 Å². The van der Waals surface area contributed by atoms with E-state index < -0.39 is 0 Å². The lowest BCUT2D eigenvalue weighted by Crippen LogP contribution is -2.37. The number of hydrogen-bond acceptors (Lipinski definition) is 6. The molecule has 0 radical (unpaired) electrons. The lowest BCUT2D eigenvalue weighted by Gasteiger charge is -2.24. The van der Waals surface area contributed by atoms with Crippen LogP contribution in [0.4, 0.5) is 0 Å². The fourth-order valence-corrected chi connectivity index (χ4v) is 5.12. The SMILES string of the molecule is COC(=O)CC(c1ccc2ccc(OCC(=O)NC3C=CCCC3)cc2c1)c1cc2c(cc1C)OCCO2. The van der Waals surface area contributed by atoms with Gasteiger partial charge in [0.25, 0.3) is 5.91 Å². The summed E-state index contributed by atoms with van der Waals surface area (Å²) in [6.45, 7) is 2.98. The van der Waals surface area contributed by atoms with Gasteiger partial charge in [0.2, 0.25) is 0 Å². The number of esters is 1. The van der Waals surface area contributed by atoms with Gasteiger partial charge in [0, 0.05) is 12.0 Å². The van der Waals surface area contributed by atoms with E-state index in [9.17, 15) is 9.59 Å². The van der Waals surface area contributed by atoms with Crippen LogP contribution in [0.2, 0.25) is 0 Å². The van der Waals surface area contributed by atoms with E-state index in [2.05, 4.69) is 17.5 Å². The van der Waals surface area contributed by atoms with Gasteiger partial charge in [-0.2, -0.15) is 0 Å². The molecule has 2 aliphatic rings. The van der Waals surface area contributed by atoms with Crippen molar-refractivity contribution < 1.29 is 28.5 Å². The standard InChI is InChI=1S/C31H33NO6/c1-20-14-28-29(37-13-12-36-28)17-26(20)27(18-31(34)35-2)22-9-8-21-10-11-25(16-23(21)15-22)38-19-30(33)32-24-6-4-3-5-7-24/h4,6,8-11,14-17,24,27H,3,5,7,12-13,18-19H2,1-2H3,(H,32,33). The van der Waals surface area contributed by atoms with Crippen molar-refractivity contribution in [2.75, 3.05) is 26.9 Å². The van der Waals surface area contributed by atoms with Crippen molar-refractivity contribution in [3.05, 3.63) is 77.4 Å². The van der Waals surface area contributed by atoms with Gasteiger partial charge in [0.05, 0.1) is 13.5 Å². The zero-order valence-corrected chi connectivity index (χ0v) is 21.8. The van der Waals surface area contributed by atoms with Gasteiger partial charge in [-0.15, -0.1) is 0 Å². The maximum absolute atomic E-state index is 12.4. The first-order valence-electron chi connectivity index (χ1n) is 13.1. The molecule has 1 amide bonds. The fourth-order valence-electron chi connectivity index (χ4n) is 5.12. The Kier molecular flexibility index (Phi) is 7.82. The number of nitrogens with one attached hydrogen (secondary N) is 1. The molecule has 0 aromatic heterocycles. The van der Waals surface area contributed by atoms with Crippen molar-refractivity contribution in [3.8, 4) is 17.2 Å². The maximum Gasteiger partial charge on any atom is 0.306 e. The lowest BCUT2D eigenvalue weighted by molar-refractivity contribution is -0.140. The molecule has 0 saturated carbocycles.